The van der Waals surface area contributed by atoms with E-state index >= 15 is 0 Å². The van der Waals surface area contributed by atoms with Crippen molar-refractivity contribution in [2.45, 2.75) is 116 Å². The Morgan fingerprint density at radius 2 is 1.09 bits per heavy atom. The smallest absolute Gasteiger partial charge is 0.239 e. The van der Waals surface area contributed by atoms with Crippen molar-refractivity contribution < 1.29 is 19.1 Å². The Balaban J connectivity index is 3.31. The third kappa shape index (κ3) is 23.0. The zero-order valence-electron chi connectivity index (χ0n) is 21.2. The molecular formula is C25H49N3O4. The molecule has 0 bridgehead atoms. The highest BCUT2D eigenvalue weighted by Gasteiger charge is 2.08. The summed E-state index contributed by atoms with van der Waals surface area (Å²) >= 11 is 0. The molecule has 0 aliphatic rings. The van der Waals surface area contributed by atoms with Crippen LogP contribution < -0.4 is 16.0 Å². The minimum Gasteiger partial charge on any atom is -0.376 e. The molecule has 0 fully saturated rings. The number of rotatable bonds is 20. The van der Waals surface area contributed by atoms with Gasteiger partial charge in [0.2, 0.25) is 17.7 Å². The molecular weight excluding hydrogens is 406 g/mol. The molecule has 7 nitrogen and oxygen atoms in total. The van der Waals surface area contributed by atoms with Gasteiger partial charge in [-0.3, -0.25) is 14.4 Å². The second-order valence-corrected chi connectivity index (χ2v) is 9.50. The van der Waals surface area contributed by atoms with E-state index in [-0.39, 0.29) is 29.9 Å². The molecule has 188 valence electrons. The van der Waals surface area contributed by atoms with Crippen LogP contribution >= 0.6 is 0 Å². The van der Waals surface area contributed by atoms with E-state index in [1.165, 1.54) is 12.8 Å². The molecule has 0 aromatic rings. The average molecular weight is 456 g/mol. The molecule has 0 spiro atoms. The molecule has 32 heavy (non-hydrogen) atoms. The third-order valence-corrected chi connectivity index (χ3v) is 5.21. The lowest BCUT2D eigenvalue weighted by molar-refractivity contribution is -0.125. The van der Waals surface area contributed by atoms with Gasteiger partial charge < -0.3 is 20.7 Å². The molecule has 3 amide bonds. The van der Waals surface area contributed by atoms with E-state index in [4.69, 9.17) is 4.74 Å². The van der Waals surface area contributed by atoms with Crippen molar-refractivity contribution >= 4 is 17.7 Å². The molecule has 0 saturated heterocycles. The number of nitrogens with one attached hydrogen (secondary N) is 3. The third-order valence-electron chi connectivity index (χ3n) is 5.21. The van der Waals surface area contributed by atoms with Crippen LogP contribution in [0.1, 0.15) is 111 Å². The first kappa shape index (κ1) is 30.4. The number of carbonyl (C=O) groups excluding carboxylic acids is 3. The summed E-state index contributed by atoms with van der Waals surface area (Å²) in [6.07, 6.45) is 14.1. The summed E-state index contributed by atoms with van der Waals surface area (Å²) in [7, 11) is 1.55. The standard InChI is InChI=1S/C25H49N3O4/c1-25(2,3)32-20-16-12-11-15-19-27-22(29)17-13-9-7-5-6-8-10-14-18-23(30)28-21-24(31)26-4/h5-21H2,1-4H3,(H,26,31)(H,27,29)(H,28,30). The molecule has 0 unspecified atom stereocenters. The zero-order chi connectivity index (χ0) is 24.1. The Kier molecular flexibility index (Phi) is 19.0. The van der Waals surface area contributed by atoms with Crippen LogP contribution in [0.5, 0.6) is 0 Å². The summed E-state index contributed by atoms with van der Waals surface area (Å²) < 4.78 is 5.70. The van der Waals surface area contributed by atoms with Crippen LogP contribution in [-0.2, 0) is 19.1 Å². The summed E-state index contributed by atoms with van der Waals surface area (Å²) in [6.45, 7) is 7.88. The number of ether oxygens (including phenoxy) is 1. The molecule has 0 aromatic carbocycles. The normalized spacial score (nSPS) is 11.2. The van der Waals surface area contributed by atoms with Gasteiger partial charge in [-0.2, -0.15) is 0 Å². The predicted octanol–water partition coefficient (Wildman–Crippen LogP) is 4.24. The fourth-order valence-corrected chi connectivity index (χ4v) is 3.26. The van der Waals surface area contributed by atoms with E-state index in [9.17, 15) is 14.4 Å². The van der Waals surface area contributed by atoms with E-state index in [1.807, 2.05) is 0 Å². The van der Waals surface area contributed by atoms with Gasteiger partial charge >= 0.3 is 0 Å². The number of likely N-dealkylation sites (N-methyl/N-ethyl adjacent to an activating group) is 1. The molecule has 0 atom stereocenters. The van der Waals surface area contributed by atoms with Crippen molar-refractivity contribution in [3.05, 3.63) is 0 Å². The van der Waals surface area contributed by atoms with Crippen molar-refractivity contribution in [1.29, 1.82) is 0 Å². The maximum Gasteiger partial charge on any atom is 0.239 e. The van der Waals surface area contributed by atoms with Gasteiger partial charge in [-0.25, -0.2) is 0 Å². The first-order chi connectivity index (χ1) is 15.2. The average Bonchev–Trinajstić information content (AvgIpc) is 2.74. The molecule has 0 aromatic heterocycles. The van der Waals surface area contributed by atoms with Gasteiger partial charge in [0.05, 0.1) is 12.1 Å². The van der Waals surface area contributed by atoms with E-state index in [0.717, 1.165) is 77.4 Å². The first-order valence-electron chi connectivity index (χ1n) is 12.6. The van der Waals surface area contributed by atoms with Crippen molar-refractivity contribution in [2.24, 2.45) is 0 Å². The monoisotopic (exact) mass is 455 g/mol. The fourth-order valence-electron chi connectivity index (χ4n) is 3.26. The molecule has 0 aliphatic heterocycles. The van der Waals surface area contributed by atoms with Crippen molar-refractivity contribution in [1.82, 2.24) is 16.0 Å². The SMILES string of the molecule is CNC(=O)CNC(=O)CCCCCCCCCCC(=O)NCCCCCCOC(C)(C)C. The minimum absolute atomic E-state index is 0.0520. The number of hydrogen-bond donors (Lipinski definition) is 3. The van der Waals surface area contributed by atoms with E-state index in [1.54, 1.807) is 7.05 Å². The Morgan fingerprint density at radius 1 is 0.625 bits per heavy atom. The first-order valence-corrected chi connectivity index (χ1v) is 12.6. The molecule has 0 saturated carbocycles. The topological polar surface area (TPSA) is 96.5 Å². The molecule has 3 N–H and O–H groups in total. The Labute approximate surface area is 196 Å². The quantitative estimate of drug-likeness (QED) is 0.239. The number of unbranched alkanes of at least 4 members (excludes halogenated alkanes) is 10. The van der Waals surface area contributed by atoms with Crippen LogP contribution in [0.4, 0.5) is 0 Å². The summed E-state index contributed by atoms with van der Waals surface area (Å²) in [5.74, 6) is -0.0578. The second-order valence-electron chi connectivity index (χ2n) is 9.50. The van der Waals surface area contributed by atoms with E-state index in [0.29, 0.717) is 12.8 Å². The van der Waals surface area contributed by atoms with Gasteiger partial charge in [0.1, 0.15) is 0 Å². The summed E-state index contributed by atoms with van der Waals surface area (Å²) in [5.41, 5.74) is -0.0520. The summed E-state index contributed by atoms with van der Waals surface area (Å²) in [6, 6.07) is 0. The zero-order valence-corrected chi connectivity index (χ0v) is 21.2. The molecule has 0 rings (SSSR count). The molecule has 7 heteroatoms. The van der Waals surface area contributed by atoms with Crippen LogP contribution in [0.3, 0.4) is 0 Å². The number of hydrogen-bond acceptors (Lipinski definition) is 4. The van der Waals surface area contributed by atoms with Crippen molar-refractivity contribution in [3.8, 4) is 0 Å². The van der Waals surface area contributed by atoms with Crippen LogP contribution in [0.15, 0.2) is 0 Å². The maximum absolute atomic E-state index is 11.9. The Morgan fingerprint density at radius 3 is 1.62 bits per heavy atom. The van der Waals surface area contributed by atoms with Gasteiger partial charge in [-0.05, 0) is 46.5 Å². The van der Waals surface area contributed by atoms with Crippen LogP contribution in [0.25, 0.3) is 0 Å². The van der Waals surface area contributed by atoms with Gasteiger partial charge in [-0.15, -0.1) is 0 Å². The molecule has 0 radical (unpaired) electrons. The summed E-state index contributed by atoms with van der Waals surface area (Å²) in [5, 5.41) is 8.11. The van der Waals surface area contributed by atoms with Crippen LogP contribution in [0, 0.1) is 0 Å². The number of carbonyl (C=O) groups is 3. The molecule has 0 heterocycles. The van der Waals surface area contributed by atoms with Crippen LogP contribution in [-0.4, -0.2) is 50.1 Å². The van der Waals surface area contributed by atoms with Crippen LogP contribution in [0.2, 0.25) is 0 Å². The van der Waals surface area contributed by atoms with Gasteiger partial charge in [0.25, 0.3) is 0 Å². The molecule has 0 aliphatic carbocycles. The van der Waals surface area contributed by atoms with Gasteiger partial charge in [0, 0.05) is 33.0 Å². The van der Waals surface area contributed by atoms with Gasteiger partial charge in [-0.1, -0.05) is 51.4 Å². The highest BCUT2D eigenvalue weighted by molar-refractivity contribution is 5.84. The second kappa shape index (κ2) is 20.0. The lowest BCUT2D eigenvalue weighted by atomic mass is 10.1. The predicted molar refractivity (Wildman–Crippen MR) is 130 cm³/mol. The highest BCUT2D eigenvalue weighted by Crippen LogP contribution is 2.11. The van der Waals surface area contributed by atoms with Gasteiger partial charge in [0.15, 0.2) is 0 Å². The Bertz CT molecular complexity index is 504. The van der Waals surface area contributed by atoms with E-state index < -0.39 is 0 Å². The lowest BCUT2D eigenvalue weighted by Gasteiger charge is -2.19. The Hall–Kier alpha value is -1.63. The van der Waals surface area contributed by atoms with Crippen molar-refractivity contribution in [3.63, 3.8) is 0 Å². The van der Waals surface area contributed by atoms with E-state index in [2.05, 4.69) is 36.7 Å². The summed E-state index contributed by atoms with van der Waals surface area (Å²) in [4.78, 5) is 34.5. The maximum atomic E-state index is 11.9. The largest absolute Gasteiger partial charge is 0.376 e. The van der Waals surface area contributed by atoms with Crippen molar-refractivity contribution in [2.75, 3.05) is 26.7 Å². The fraction of sp³-hybridized carbons (Fsp3) is 0.880. The minimum atomic E-state index is -0.177. The number of amides is 3. The highest BCUT2D eigenvalue weighted by atomic mass is 16.5. The lowest BCUT2D eigenvalue weighted by Crippen LogP contribution is -2.34.